The Morgan fingerprint density at radius 3 is 3.00 bits per heavy atom. The number of fused-ring (bicyclic) bond motifs is 1. The molecule has 1 aromatic rings. The summed E-state index contributed by atoms with van der Waals surface area (Å²) >= 11 is 9.49. The van der Waals surface area contributed by atoms with E-state index in [1.165, 1.54) is 11.8 Å². The lowest BCUT2D eigenvalue weighted by Gasteiger charge is -2.26. The van der Waals surface area contributed by atoms with E-state index >= 15 is 0 Å². The maximum absolute atomic E-state index is 8.54. The third kappa shape index (κ3) is 2.65. The van der Waals surface area contributed by atoms with Gasteiger partial charge < -0.3 is 11.1 Å². The second kappa shape index (κ2) is 5.40. The minimum atomic E-state index is -0.525. The summed E-state index contributed by atoms with van der Waals surface area (Å²) in [4.78, 5) is 1.54. The predicted octanol–water partition coefficient (Wildman–Crippen LogP) is 3.05. The van der Waals surface area contributed by atoms with Crippen LogP contribution < -0.4 is 11.1 Å². The standard InChI is InChI=1S/C10H9N3S4/c11-5-15-6-16-10(9(12)14)13-7-3-1-2-4-8(7)17-10/h1-4,13H,6H2,(H2,12,14). The molecule has 0 radical (unpaired) electrons. The van der Waals surface area contributed by atoms with Crippen LogP contribution >= 0.6 is 47.5 Å². The molecule has 1 aliphatic heterocycles. The van der Waals surface area contributed by atoms with Gasteiger partial charge in [-0.3, -0.25) is 0 Å². The Balaban J connectivity index is 2.18. The van der Waals surface area contributed by atoms with Crippen LogP contribution in [0.5, 0.6) is 0 Å². The van der Waals surface area contributed by atoms with E-state index < -0.39 is 4.20 Å². The minimum absolute atomic E-state index is 0.405. The molecule has 0 spiro atoms. The molecule has 0 bridgehead atoms. The Morgan fingerprint density at radius 1 is 1.59 bits per heavy atom. The van der Waals surface area contributed by atoms with Gasteiger partial charge in [-0.1, -0.05) is 36.1 Å². The number of para-hydroxylation sites is 1. The molecule has 3 nitrogen and oxygen atoms in total. The molecule has 0 saturated carbocycles. The molecule has 2 rings (SSSR count). The summed E-state index contributed by atoms with van der Waals surface area (Å²) in [5.74, 6) is 0. The fraction of sp³-hybridized carbons (Fsp3) is 0.200. The number of thiocyanates is 1. The lowest BCUT2D eigenvalue weighted by molar-refractivity contribution is 1.25. The summed E-state index contributed by atoms with van der Waals surface area (Å²) in [5.41, 5.74) is 6.87. The van der Waals surface area contributed by atoms with E-state index in [0.717, 1.165) is 10.6 Å². The fourth-order valence-electron chi connectivity index (χ4n) is 1.40. The first-order valence-corrected chi connectivity index (χ1v) is 7.88. The first-order valence-electron chi connectivity index (χ1n) is 4.69. The van der Waals surface area contributed by atoms with E-state index in [2.05, 4.69) is 5.32 Å². The third-order valence-electron chi connectivity index (χ3n) is 2.15. The van der Waals surface area contributed by atoms with Crippen LogP contribution in [0.1, 0.15) is 0 Å². The number of hydrogen-bond acceptors (Lipinski definition) is 6. The van der Waals surface area contributed by atoms with Gasteiger partial charge in [0.05, 0.1) is 5.08 Å². The minimum Gasteiger partial charge on any atom is -0.390 e. The van der Waals surface area contributed by atoms with Crippen molar-refractivity contribution in [2.45, 2.75) is 9.10 Å². The molecule has 7 heteroatoms. The molecule has 3 N–H and O–H groups in total. The molecule has 88 valence electrons. The average Bonchev–Trinajstić information content (AvgIpc) is 2.69. The number of nitriles is 1. The molecule has 1 aliphatic rings. The zero-order valence-electron chi connectivity index (χ0n) is 8.67. The molecular formula is C10H9N3S4. The van der Waals surface area contributed by atoms with Crippen LogP contribution in [-0.4, -0.2) is 14.3 Å². The van der Waals surface area contributed by atoms with Crippen molar-refractivity contribution in [3.05, 3.63) is 24.3 Å². The van der Waals surface area contributed by atoms with Crippen molar-refractivity contribution in [3.63, 3.8) is 0 Å². The molecule has 0 fully saturated rings. The van der Waals surface area contributed by atoms with Crippen LogP contribution in [0.3, 0.4) is 0 Å². The van der Waals surface area contributed by atoms with Crippen molar-refractivity contribution in [3.8, 4) is 5.40 Å². The van der Waals surface area contributed by atoms with Gasteiger partial charge in [-0.05, 0) is 23.9 Å². The molecule has 1 heterocycles. The van der Waals surface area contributed by atoms with Crippen molar-refractivity contribution in [1.29, 1.82) is 5.26 Å². The van der Waals surface area contributed by atoms with E-state index in [-0.39, 0.29) is 0 Å². The Morgan fingerprint density at radius 2 is 2.35 bits per heavy atom. The van der Waals surface area contributed by atoms with Crippen molar-refractivity contribution in [2.75, 3.05) is 10.4 Å². The van der Waals surface area contributed by atoms with Gasteiger partial charge in [0.25, 0.3) is 0 Å². The van der Waals surface area contributed by atoms with Gasteiger partial charge in [0.15, 0.2) is 4.20 Å². The lowest BCUT2D eigenvalue weighted by Crippen LogP contribution is -2.41. The number of thiocarbonyl (C=S) groups is 1. The van der Waals surface area contributed by atoms with E-state index in [9.17, 15) is 0 Å². The van der Waals surface area contributed by atoms with Crippen LogP contribution in [0.25, 0.3) is 0 Å². The zero-order chi connectivity index (χ0) is 12.3. The normalized spacial score (nSPS) is 21.4. The molecule has 1 aromatic carbocycles. The van der Waals surface area contributed by atoms with Crippen LogP contribution in [-0.2, 0) is 0 Å². The Bertz CT molecular complexity index is 458. The van der Waals surface area contributed by atoms with E-state index in [4.69, 9.17) is 23.2 Å². The molecule has 0 saturated heterocycles. The van der Waals surface area contributed by atoms with Gasteiger partial charge in [-0.15, -0.1) is 11.8 Å². The molecule has 0 amide bonds. The Hall–Kier alpha value is -0.550. The highest BCUT2D eigenvalue weighted by atomic mass is 32.2. The number of thioether (sulfide) groups is 3. The van der Waals surface area contributed by atoms with Crippen LogP contribution in [0.2, 0.25) is 0 Å². The highest BCUT2D eigenvalue weighted by Gasteiger charge is 2.41. The first kappa shape index (κ1) is 12.9. The van der Waals surface area contributed by atoms with Gasteiger partial charge >= 0.3 is 0 Å². The predicted molar refractivity (Wildman–Crippen MR) is 81.1 cm³/mol. The van der Waals surface area contributed by atoms with Crippen LogP contribution in [0.4, 0.5) is 5.69 Å². The smallest absolute Gasteiger partial charge is 0.187 e. The highest BCUT2D eigenvalue weighted by molar-refractivity contribution is 8.26. The summed E-state index contributed by atoms with van der Waals surface area (Å²) in [6, 6.07) is 7.99. The summed E-state index contributed by atoms with van der Waals surface area (Å²) in [7, 11) is 0. The van der Waals surface area contributed by atoms with E-state index in [1.807, 2.05) is 29.7 Å². The van der Waals surface area contributed by atoms with Crippen molar-refractivity contribution in [2.24, 2.45) is 5.73 Å². The molecule has 17 heavy (non-hydrogen) atoms. The largest absolute Gasteiger partial charge is 0.390 e. The maximum atomic E-state index is 8.54. The number of rotatable bonds is 4. The second-order valence-corrected chi connectivity index (χ2v) is 7.47. The monoisotopic (exact) mass is 299 g/mol. The molecular weight excluding hydrogens is 290 g/mol. The van der Waals surface area contributed by atoms with Gasteiger partial charge in [0.1, 0.15) is 10.4 Å². The summed E-state index contributed by atoms with van der Waals surface area (Å²) in [6.45, 7) is 0. The van der Waals surface area contributed by atoms with Crippen LogP contribution in [0.15, 0.2) is 29.2 Å². The number of nitrogens with two attached hydrogens (primary N) is 1. The SMILES string of the molecule is N#CSCSC1(C(N)=S)Nc2ccccc2S1. The van der Waals surface area contributed by atoms with Crippen molar-refractivity contribution >= 4 is 58.2 Å². The van der Waals surface area contributed by atoms with Gasteiger partial charge in [0.2, 0.25) is 0 Å². The summed E-state index contributed by atoms with van der Waals surface area (Å²) in [6.07, 6.45) is 0. The van der Waals surface area contributed by atoms with Crippen molar-refractivity contribution in [1.82, 2.24) is 0 Å². The quantitative estimate of drug-likeness (QED) is 0.383. The van der Waals surface area contributed by atoms with E-state index in [1.54, 1.807) is 23.5 Å². The lowest BCUT2D eigenvalue weighted by atomic mass is 10.3. The van der Waals surface area contributed by atoms with Gasteiger partial charge in [0, 0.05) is 10.6 Å². The highest BCUT2D eigenvalue weighted by Crippen LogP contribution is 2.51. The molecule has 0 aromatic heterocycles. The number of hydrogen-bond donors (Lipinski definition) is 2. The molecule has 1 unspecified atom stereocenters. The topological polar surface area (TPSA) is 61.8 Å². The zero-order valence-corrected chi connectivity index (χ0v) is 11.9. The van der Waals surface area contributed by atoms with Gasteiger partial charge in [-0.25, -0.2) is 0 Å². The Kier molecular flexibility index (Phi) is 4.09. The molecule has 0 aliphatic carbocycles. The first-order chi connectivity index (χ1) is 8.18. The average molecular weight is 299 g/mol. The number of nitrogens with zero attached hydrogens (tertiary/aromatic N) is 1. The van der Waals surface area contributed by atoms with E-state index in [0.29, 0.717) is 10.1 Å². The van der Waals surface area contributed by atoms with Crippen LogP contribution in [0, 0.1) is 10.7 Å². The second-order valence-electron chi connectivity index (χ2n) is 3.20. The summed E-state index contributed by atoms with van der Waals surface area (Å²) in [5, 5.41) is 14.6. The summed E-state index contributed by atoms with van der Waals surface area (Å²) < 4.78 is -0.525. The van der Waals surface area contributed by atoms with Crippen molar-refractivity contribution < 1.29 is 0 Å². The number of anilines is 1. The number of benzene rings is 1. The number of nitrogens with one attached hydrogen (secondary N) is 1. The third-order valence-corrected chi connectivity index (χ3v) is 6.30. The molecule has 1 atom stereocenters. The Labute approximate surface area is 118 Å². The maximum Gasteiger partial charge on any atom is 0.187 e. The van der Waals surface area contributed by atoms with Gasteiger partial charge in [-0.2, -0.15) is 5.26 Å². The fourth-order valence-corrected chi connectivity index (χ4v) is 5.08.